The first-order valence-corrected chi connectivity index (χ1v) is 5.70. The first kappa shape index (κ1) is 8.88. The van der Waals surface area contributed by atoms with Gasteiger partial charge in [0.1, 0.15) is 4.60 Å². The van der Waals surface area contributed by atoms with Crippen LogP contribution in [0.4, 0.5) is 0 Å². The van der Waals surface area contributed by atoms with Gasteiger partial charge in [0.15, 0.2) is 0 Å². The predicted molar refractivity (Wildman–Crippen MR) is 55.2 cm³/mol. The van der Waals surface area contributed by atoms with Crippen LogP contribution in [0.15, 0.2) is 4.60 Å². The molecule has 0 aliphatic carbocycles. The highest BCUT2D eigenvalue weighted by Crippen LogP contribution is 2.28. The highest BCUT2D eigenvalue weighted by atomic mass is 79.9. The summed E-state index contributed by atoms with van der Waals surface area (Å²) in [6.45, 7) is 3.60. The van der Waals surface area contributed by atoms with Crippen molar-refractivity contribution < 1.29 is 4.74 Å². The van der Waals surface area contributed by atoms with Gasteiger partial charge >= 0.3 is 0 Å². The molecule has 1 aromatic rings. The SMILES string of the molecule is Brc1nn(C2COC2)c2c1CCNC2. The number of aromatic nitrogens is 2. The fourth-order valence-corrected chi connectivity index (χ4v) is 2.59. The van der Waals surface area contributed by atoms with Gasteiger partial charge in [0.25, 0.3) is 0 Å². The summed E-state index contributed by atoms with van der Waals surface area (Å²) >= 11 is 3.52. The molecule has 1 N–H and O–H groups in total. The van der Waals surface area contributed by atoms with Crippen molar-refractivity contribution in [2.45, 2.75) is 19.0 Å². The minimum Gasteiger partial charge on any atom is -0.377 e. The summed E-state index contributed by atoms with van der Waals surface area (Å²) in [7, 11) is 0. The van der Waals surface area contributed by atoms with E-state index in [-0.39, 0.29) is 0 Å². The van der Waals surface area contributed by atoms with E-state index >= 15 is 0 Å². The molecule has 3 rings (SSSR count). The number of halogens is 1. The van der Waals surface area contributed by atoms with Gasteiger partial charge in [-0.2, -0.15) is 5.10 Å². The zero-order chi connectivity index (χ0) is 9.54. The minimum atomic E-state index is 0.454. The minimum absolute atomic E-state index is 0.454. The average Bonchev–Trinajstić information content (AvgIpc) is 2.43. The van der Waals surface area contributed by atoms with Crippen molar-refractivity contribution in [3.05, 3.63) is 15.9 Å². The van der Waals surface area contributed by atoms with Crippen molar-refractivity contribution in [1.82, 2.24) is 15.1 Å². The van der Waals surface area contributed by atoms with Crippen LogP contribution >= 0.6 is 15.9 Å². The number of nitrogens with zero attached hydrogens (tertiary/aromatic N) is 2. The van der Waals surface area contributed by atoms with E-state index in [4.69, 9.17) is 4.74 Å². The lowest BCUT2D eigenvalue weighted by molar-refractivity contribution is -0.0301. The Morgan fingerprint density at radius 2 is 2.36 bits per heavy atom. The van der Waals surface area contributed by atoms with Crippen molar-refractivity contribution in [3.63, 3.8) is 0 Å². The Bertz CT molecular complexity index is 359. The van der Waals surface area contributed by atoms with Crippen LogP contribution < -0.4 is 5.32 Å². The van der Waals surface area contributed by atoms with Crippen LogP contribution in [0.1, 0.15) is 17.3 Å². The number of fused-ring (bicyclic) bond motifs is 1. The Morgan fingerprint density at radius 1 is 1.50 bits per heavy atom. The summed E-state index contributed by atoms with van der Waals surface area (Å²) in [6, 6.07) is 0.454. The van der Waals surface area contributed by atoms with E-state index in [1.807, 2.05) is 0 Å². The van der Waals surface area contributed by atoms with Crippen LogP contribution in [0.25, 0.3) is 0 Å². The van der Waals surface area contributed by atoms with Gasteiger partial charge in [-0.15, -0.1) is 0 Å². The molecule has 0 atom stereocenters. The zero-order valence-corrected chi connectivity index (χ0v) is 9.38. The highest BCUT2D eigenvalue weighted by molar-refractivity contribution is 9.10. The number of ether oxygens (including phenoxy) is 1. The molecule has 3 heterocycles. The molecule has 1 fully saturated rings. The van der Waals surface area contributed by atoms with Gasteiger partial charge < -0.3 is 10.1 Å². The molecule has 2 aliphatic heterocycles. The van der Waals surface area contributed by atoms with Crippen LogP contribution in [0, 0.1) is 0 Å². The average molecular weight is 258 g/mol. The van der Waals surface area contributed by atoms with Gasteiger partial charge in [-0.3, -0.25) is 4.68 Å². The number of rotatable bonds is 1. The Labute approximate surface area is 90.7 Å². The van der Waals surface area contributed by atoms with Gasteiger partial charge in [0.2, 0.25) is 0 Å². The predicted octanol–water partition coefficient (Wildman–Crippen LogP) is 0.863. The Kier molecular flexibility index (Phi) is 2.11. The third-order valence-corrected chi connectivity index (χ3v) is 3.52. The molecule has 0 spiro atoms. The van der Waals surface area contributed by atoms with Gasteiger partial charge in [0, 0.05) is 12.1 Å². The molecule has 4 nitrogen and oxygen atoms in total. The van der Waals surface area contributed by atoms with Crippen LogP contribution in [0.5, 0.6) is 0 Å². The summed E-state index contributed by atoms with van der Waals surface area (Å²) in [5.41, 5.74) is 2.70. The first-order valence-electron chi connectivity index (χ1n) is 4.90. The molecule has 0 saturated carbocycles. The van der Waals surface area contributed by atoms with Gasteiger partial charge in [-0.1, -0.05) is 0 Å². The molecule has 0 radical (unpaired) electrons. The van der Waals surface area contributed by atoms with E-state index in [1.165, 1.54) is 11.3 Å². The van der Waals surface area contributed by atoms with Gasteiger partial charge in [-0.25, -0.2) is 0 Å². The molecule has 0 bridgehead atoms. The quantitative estimate of drug-likeness (QED) is 0.812. The summed E-state index contributed by atoms with van der Waals surface area (Å²) in [4.78, 5) is 0. The number of hydrogen-bond acceptors (Lipinski definition) is 3. The lowest BCUT2D eigenvalue weighted by atomic mass is 10.1. The van der Waals surface area contributed by atoms with Crippen molar-refractivity contribution in [3.8, 4) is 0 Å². The van der Waals surface area contributed by atoms with Crippen molar-refractivity contribution in [2.75, 3.05) is 19.8 Å². The Hall–Kier alpha value is -0.390. The van der Waals surface area contributed by atoms with E-state index in [2.05, 4.69) is 31.0 Å². The maximum atomic E-state index is 5.19. The normalized spacial score (nSPS) is 21.8. The molecule has 1 aromatic heterocycles. The lowest BCUT2D eigenvalue weighted by Crippen LogP contribution is -2.34. The maximum Gasteiger partial charge on any atom is 0.131 e. The second-order valence-corrected chi connectivity index (χ2v) is 4.53. The van der Waals surface area contributed by atoms with Crippen molar-refractivity contribution >= 4 is 15.9 Å². The first-order chi connectivity index (χ1) is 6.86. The second-order valence-electron chi connectivity index (χ2n) is 3.78. The fraction of sp³-hybridized carbons (Fsp3) is 0.667. The third kappa shape index (κ3) is 1.23. The molecule has 14 heavy (non-hydrogen) atoms. The molecule has 1 saturated heterocycles. The summed E-state index contributed by atoms with van der Waals surface area (Å²) in [5.74, 6) is 0. The summed E-state index contributed by atoms with van der Waals surface area (Å²) in [6.07, 6.45) is 1.07. The fourth-order valence-electron chi connectivity index (χ4n) is 1.99. The summed E-state index contributed by atoms with van der Waals surface area (Å²) in [5, 5.41) is 7.90. The van der Waals surface area contributed by atoms with E-state index in [9.17, 15) is 0 Å². The zero-order valence-electron chi connectivity index (χ0n) is 7.79. The smallest absolute Gasteiger partial charge is 0.131 e. The second kappa shape index (κ2) is 3.32. The van der Waals surface area contributed by atoms with Crippen molar-refractivity contribution in [2.24, 2.45) is 0 Å². The third-order valence-electron chi connectivity index (χ3n) is 2.88. The van der Waals surface area contributed by atoms with Gasteiger partial charge in [0.05, 0.1) is 24.9 Å². The number of nitrogens with one attached hydrogen (secondary N) is 1. The molecular weight excluding hydrogens is 246 g/mol. The monoisotopic (exact) mass is 257 g/mol. The largest absolute Gasteiger partial charge is 0.377 e. The Balaban J connectivity index is 2.02. The number of hydrogen-bond donors (Lipinski definition) is 1. The van der Waals surface area contributed by atoms with Crippen LogP contribution in [0.2, 0.25) is 0 Å². The van der Waals surface area contributed by atoms with Crippen LogP contribution in [0.3, 0.4) is 0 Å². The molecule has 2 aliphatic rings. The molecule has 76 valence electrons. The van der Waals surface area contributed by atoms with Crippen LogP contribution in [-0.4, -0.2) is 29.5 Å². The van der Waals surface area contributed by atoms with Crippen LogP contribution in [-0.2, 0) is 17.7 Å². The van der Waals surface area contributed by atoms with E-state index in [0.717, 1.165) is 37.3 Å². The molecule has 0 unspecified atom stereocenters. The molecular formula is C9H12BrN3O. The molecule has 0 amide bonds. The lowest BCUT2D eigenvalue weighted by Gasteiger charge is -2.28. The summed E-state index contributed by atoms with van der Waals surface area (Å²) < 4.78 is 8.33. The van der Waals surface area contributed by atoms with Crippen molar-refractivity contribution in [1.29, 1.82) is 0 Å². The topological polar surface area (TPSA) is 39.1 Å². The van der Waals surface area contributed by atoms with Gasteiger partial charge in [-0.05, 0) is 28.9 Å². The van der Waals surface area contributed by atoms with E-state index < -0.39 is 0 Å². The molecule has 5 heteroatoms. The Morgan fingerprint density at radius 3 is 3.07 bits per heavy atom. The highest BCUT2D eigenvalue weighted by Gasteiger charge is 2.27. The van der Waals surface area contributed by atoms with E-state index in [0.29, 0.717) is 6.04 Å². The van der Waals surface area contributed by atoms with E-state index in [1.54, 1.807) is 0 Å². The molecule has 0 aromatic carbocycles. The maximum absolute atomic E-state index is 5.19. The standard InChI is InChI=1S/C9H12BrN3O/c10-9-7-1-2-11-3-8(7)13(12-9)6-4-14-5-6/h6,11H,1-5H2.